The van der Waals surface area contributed by atoms with Gasteiger partial charge in [-0.1, -0.05) is 40.2 Å². The first kappa shape index (κ1) is 19.8. The highest BCUT2D eigenvalue weighted by Crippen LogP contribution is 2.20. The van der Waals surface area contributed by atoms with Crippen LogP contribution in [0.15, 0.2) is 70.2 Å². The number of amides is 1. The fourth-order valence-electron chi connectivity index (χ4n) is 2.99. The number of fused-ring (bicyclic) bond motifs is 1. The van der Waals surface area contributed by atoms with Crippen molar-refractivity contribution in [2.75, 3.05) is 7.11 Å². The molecule has 0 spiro atoms. The molecule has 30 heavy (non-hydrogen) atoms. The van der Waals surface area contributed by atoms with Gasteiger partial charge in [-0.3, -0.25) is 9.59 Å². The Morgan fingerprint density at radius 1 is 1.17 bits per heavy atom. The molecule has 0 saturated heterocycles. The zero-order chi connectivity index (χ0) is 21.1. The smallest absolute Gasteiger partial charge is 0.293 e. The molecule has 2 aromatic heterocycles. The number of carbonyl (C=O) groups is 1. The molecule has 0 unspecified atom stereocenters. The summed E-state index contributed by atoms with van der Waals surface area (Å²) in [6.45, 7) is 0.144. The van der Waals surface area contributed by atoms with Gasteiger partial charge in [0, 0.05) is 16.6 Å². The molecule has 0 atom stereocenters. The van der Waals surface area contributed by atoms with Crippen molar-refractivity contribution in [2.45, 2.75) is 13.1 Å². The summed E-state index contributed by atoms with van der Waals surface area (Å²) in [5.41, 5.74) is 2.40. The molecule has 0 aliphatic rings. The van der Waals surface area contributed by atoms with E-state index in [1.807, 2.05) is 48.5 Å². The van der Waals surface area contributed by atoms with Crippen LogP contribution in [-0.4, -0.2) is 32.4 Å². The minimum atomic E-state index is -0.384. The maximum absolute atomic E-state index is 12.8. The molecule has 2 aromatic carbocycles. The molecule has 4 aromatic rings. The lowest BCUT2D eigenvalue weighted by atomic mass is 10.1. The number of halogens is 1. The largest absolute Gasteiger partial charge is 0.497 e. The van der Waals surface area contributed by atoms with E-state index in [1.165, 1.54) is 10.8 Å². The summed E-state index contributed by atoms with van der Waals surface area (Å²) in [5.74, 6) is 0.400. The Kier molecular flexibility index (Phi) is 5.62. The summed E-state index contributed by atoms with van der Waals surface area (Å²) in [7, 11) is 1.59. The van der Waals surface area contributed by atoms with Gasteiger partial charge < -0.3 is 10.1 Å². The van der Waals surface area contributed by atoms with Gasteiger partial charge in [-0.15, -0.1) is 0 Å². The molecular weight excluding hydrogens is 450 g/mol. The Balaban J connectivity index is 1.50. The first-order valence-corrected chi connectivity index (χ1v) is 9.94. The highest BCUT2D eigenvalue weighted by atomic mass is 79.9. The second kappa shape index (κ2) is 8.50. The van der Waals surface area contributed by atoms with E-state index in [0.717, 1.165) is 20.3 Å². The van der Waals surface area contributed by atoms with E-state index in [4.69, 9.17) is 4.74 Å². The average molecular weight is 468 g/mol. The van der Waals surface area contributed by atoms with Gasteiger partial charge >= 0.3 is 0 Å². The molecule has 0 saturated carbocycles. The number of methoxy groups -OCH3 is 1. The van der Waals surface area contributed by atoms with E-state index in [2.05, 4.69) is 31.4 Å². The molecule has 1 amide bonds. The minimum Gasteiger partial charge on any atom is -0.497 e. The summed E-state index contributed by atoms with van der Waals surface area (Å²) in [4.78, 5) is 25.1. The van der Waals surface area contributed by atoms with Gasteiger partial charge in [0.25, 0.3) is 5.56 Å². The van der Waals surface area contributed by atoms with Crippen LogP contribution < -0.4 is 15.6 Å². The number of rotatable bonds is 6. The third-order valence-electron chi connectivity index (χ3n) is 4.55. The van der Waals surface area contributed by atoms with Gasteiger partial charge in [0.2, 0.25) is 5.91 Å². The van der Waals surface area contributed by atoms with Crippen LogP contribution in [-0.2, 0) is 17.9 Å². The Labute approximate surface area is 180 Å². The lowest BCUT2D eigenvalue weighted by molar-refractivity contribution is -0.122. The molecule has 0 bridgehead atoms. The highest BCUT2D eigenvalue weighted by Gasteiger charge is 2.12. The molecule has 1 N–H and O–H groups in total. The van der Waals surface area contributed by atoms with E-state index < -0.39 is 0 Å². The number of hydrogen-bond donors (Lipinski definition) is 1. The summed E-state index contributed by atoms with van der Waals surface area (Å²) in [6.07, 6.45) is 1.43. The van der Waals surface area contributed by atoms with Crippen molar-refractivity contribution in [3.63, 3.8) is 0 Å². The third kappa shape index (κ3) is 4.25. The Morgan fingerprint density at radius 2 is 1.97 bits per heavy atom. The third-order valence-corrected chi connectivity index (χ3v) is 5.08. The number of nitrogens with one attached hydrogen (secondary N) is 1. The maximum Gasteiger partial charge on any atom is 0.293 e. The van der Waals surface area contributed by atoms with Crippen molar-refractivity contribution in [3.05, 3.63) is 81.3 Å². The molecule has 152 valence electrons. The van der Waals surface area contributed by atoms with Crippen LogP contribution in [0.3, 0.4) is 0 Å². The van der Waals surface area contributed by atoms with E-state index >= 15 is 0 Å². The predicted molar refractivity (Wildman–Crippen MR) is 115 cm³/mol. The van der Waals surface area contributed by atoms with Crippen molar-refractivity contribution in [1.29, 1.82) is 0 Å². The zero-order valence-electron chi connectivity index (χ0n) is 16.1. The van der Waals surface area contributed by atoms with E-state index in [9.17, 15) is 9.59 Å². The number of benzene rings is 2. The number of ether oxygens (including phenoxy) is 1. The molecule has 0 radical (unpaired) electrons. The van der Waals surface area contributed by atoms with Gasteiger partial charge in [-0.2, -0.15) is 10.2 Å². The molecular formula is C21H18BrN5O3. The minimum absolute atomic E-state index is 0.182. The van der Waals surface area contributed by atoms with Crippen LogP contribution in [0.25, 0.3) is 16.8 Å². The van der Waals surface area contributed by atoms with Gasteiger partial charge in [0.15, 0.2) is 0 Å². The summed E-state index contributed by atoms with van der Waals surface area (Å²) in [6, 6.07) is 16.7. The fourth-order valence-corrected chi connectivity index (χ4v) is 3.25. The highest BCUT2D eigenvalue weighted by molar-refractivity contribution is 9.10. The number of hydrogen-bond acceptors (Lipinski definition) is 5. The van der Waals surface area contributed by atoms with Crippen molar-refractivity contribution in [3.8, 4) is 17.0 Å². The average Bonchev–Trinajstić information content (AvgIpc) is 3.20. The molecule has 0 aliphatic carbocycles. The lowest BCUT2D eigenvalue weighted by Gasteiger charge is -2.08. The van der Waals surface area contributed by atoms with Crippen LogP contribution in [0.4, 0.5) is 0 Å². The molecule has 0 aliphatic heterocycles. The van der Waals surface area contributed by atoms with Crippen molar-refractivity contribution in [1.82, 2.24) is 24.7 Å². The van der Waals surface area contributed by atoms with Crippen molar-refractivity contribution >= 4 is 27.4 Å². The first-order chi connectivity index (χ1) is 14.5. The van der Waals surface area contributed by atoms with Crippen LogP contribution in [0.1, 0.15) is 5.56 Å². The van der Waals surface area contributed by atoms with E-state index in [0.29, 0.717) is 23.5 Å². The lowest BCUT2D eigenvalue weighted by Crippen LogP contribution is -2.34. The van der Waals surface area contributed by atoms with Gasteiger partial charge in [0.1, 0.15) is 24.1 Å². The van der Waals surface area contributed by atoms with E-state index in [-0.39, 0.29) is 18.0 Å². The first-order valence-electron chi connectivity index (χ1n) is 9.14. The molecule has 0 fully saturated rings. The van der Waals surface area contributed by atoms with Gasteiger partial charge in [0.05, 0.1) is 12.8 Å². The fraction of sp³-hybridized carbons (Fsp3) is 0.143. The second-order valence-electron chi connectivity index (χ2n) is 6.59. The van der Waals surface area contributed by atoms with Crippen LogP contribution in [0.2, 0.25) is 0 Å². The molecule has 4 rings (SSSR count). The Morgan fingerprint density at radius 3 is 2.73 bits per heavy atom. The molecule has 8 nitrogen and oxygen atoms in total. The Hall–Kier alpha value is -3.46. The SMILES string of the molecule is COc1cccc(CNC(=O)Cn2ncn3nc(-c4ccc(Br)cc4)cc3c2=O)c1. The van der Waals surface area contributed by atoms with Gasteiger partial charge in [-0.25, -0.2) is 9.20 Å². The summed E-state index contributed by atoms with van der Waals surface area (Å²) in [5, 5.41) is 11.3. The number of nitrogens with zero attached hydrogens (tertiary/aromatic N) is 4. The summed E-state index contributed by atoms with van der Waals surface area (Å²) < 4.78 is 8.68. The zero-order valence-corrected chi connectivity index (χ0v) is 17.7. The second-order valence-corrected chi connectivity index (χ2v) is 7.50. The monoisotopic (exact) mass is 467 g/mol. The maximum atomic E-state index is 12.8. The van der Waals surface area contributed by atoms with Crippen molar-refractivity contribution in [2.24, 2.45) is 0 Å². The van der Waals surface area contributed by atoms with Crippen LogP contribution >= 0.6 is 15.9 Å². The normalized spacial score (nSPS) is 10.9. The van der Waals surface area contributed by atoms with E-state index in [1.54, 1.807) is 13.2 Å². The molecule has 2 heterocycles. The van der Waals surface area contributed by atoms with Crippen LogP contribution in [0, 0.1) is 0 Å². The Bertz CT molecular complexity index is 1260. The van der Waals surface area contributed by atoms with Crippen LogP contribution in [0.5, 0.6) is 5.75 Å². The number of carbonyl (C=O) groups excluding carboxylic acids is 1. The molecule has 9 heteroatoms. The standard InChI is InChI=1S/C21H18BrN5O3/c1-30-17-4-2-3-14(9-17)11-23-20(28)12-26-21(29)19-10-18(25-27(19)13-24-26)15-5-7-16(22)8-6-15/h2-10,13H,11-12H2,1H3,(H,23,28). The predicted octanol–water partition coefficient (Wildman–Crippen LogP) is 2.65. The van der Waals surface area contributed by atoms with Gasteiger partial charge in [-0.05, 0) is 35.9 Å². The van der Waals surface area contributed by atoms with Crippen molar-refractivity contribution < 1.29 is 9.53 Å². The number of aromatic nitrogens is 4. The summed E-state index contributed by atoms with van der Waals surface area (Å²) >= 11 is 3.40. The quantitative estimate of drug-likeness (QED) is 0.470. The topological polar surface area (TPSA) is 90.5 Å².